The van der Waals surface area contributed by atoms with Gasteiger partial charge in [0.05, 0.1) is 18.0 Å². The lowest BCUT2D eigenvalue weighted by Gasteiger charge is -2.54. The van der Waals surface area contributed by atoms with Crippen LogP contribution in [-0.4, -0.2) is 47.1 Å². The van der Waals surface area contributed by atoms with Crippen LogP contribution >= 0.6 is 0 Å². The van der Waals surface area contributed by atoms with Crippen molar-refractivity contribution in [3.05, 3.63) is 65.6 Å². The number of methoxy groups -OCH3 is 1. The minimum Gasteiger partial charge on any atom is -0.383 e. The molecule has 6 heteroatoms. The first-order valence-electron chi connectivity index (χ1n) is 13.6. The molecule has 1 N–H and O–H groups in total. The summed E-state index contributed by atoms with van der Waals surface area (Å²) in [7, 11) is 1.79. The molecule has 0 saturated heterocycles. The zero-order valence-electron chi connectivity index (χ0n) is 21.8. The second kappa shape index (κ2) is 9.64. The summed E-state index contributed by atoms with van der Waals surface area (Å²) in [4.78, 5) is 7.12. The zero-order valence-corrected chi connectivity index (χ0v) is 21.8. The maximum absolute atomic E-state index is 5.27. The van der Waals surface area contributed by atoms with Crippen molar-refractivity contribution in [1.82, 2.24) is 20.1 Å². The van der Waals surface area contributed by atoms with E-state index in [2.05, 4.69) is 69.3 Å². The fraction of sp³-hybridized carbons (Fsp3) is 0.533. The van der Waals surface area contributed by atoms with Crippen LogP contribution in [0.4, 0.5) is 5.69 Å². The molecule has 0 atom stereocenters. The van der Waals surface area contributed by atoms with E-state index in [4.69, 9.17) is 9.84 Å². The smallest absolute Gasteiger partial charge is 0.0722 e. The first kappa shape index (κ1) is 23.7. The monoisotopic (exact) mass is 485 g/mol. The summed E-state index contributed by atoms with van der Waals surface area (Å²) >= 11 is 0. The third-order valence-corrected chi connectivity index (χ3v) is 9.21. The number of fused-ring (bicyclic) bond motifs is 4. The molecule has 1 aromatic carbocycles. The van der Waals surface area contributed by atoms with Crippen LogP contribution in [0.3, 0.4) is 0 Å². The molecular formula is C30H39N5O. The number of hydrogen-bond acceptors (Lipinski definition) is 5. The number of pyridine rings is 1. The summed E-state index contributed by atoms with van der Waals surface area (Å²) in [6.07, 6.45) is 10.8. The van der Waals surface area contributed by atoms with E-state index in [9.17, 15) is 0 Å². The Balaban J connectivity index is 1.16. The molecule has 3 aromatic rings. The van der Waals surface area contributed by atoms with Crippen molar-refractivity contribution in [1.29, 1.82) is 0 Å². The number of anilines is 1. The highest BCUT2D eigenvalue weighted by Crippen LogP contribution is 2.53. The third-order valence-electron chi connectivity index (χ3n) is 9.21. The molecule has 3 saturated carbocycles. The summed E-state index contributed by atoms with van der Waals surface area (Å²) in [5.74, 6) is 0. The lowest BCUT2D eigenvalue weighted by atomic mass is 9.57. The van der Waals surface area contributed by atoms with Crippen LogP contribution in [-0.2, 0) is 24.2 Å². The molecule has 36 heavy (non-hydrogen) atoms. The van der Waals surface area contributed by atoms with Gasteiger partial charge in [0.1, 0.15) is 0 Å². The maximum Gasteiger partial charge on any atom is 0.0722 e. The maximum atomic E-state index is 5.27. The van der Waals surface area contributed by atoms with Crippen LogP contribution < -0.4 is 10.2 Å². The third kappa shape index (κ3) is 4.46. The van der Waals surface area contributed by atoms with Gasteiger partial charge in [0, 0.05) is 74.0 Å². The normalized spacial score (nSPS) is 25.2. The predicted molar refractivity (Wildman–Crippen MR) is 144 cm³/mol. The minimum absolute atomic E-state index is 0.351. The van der Waals surface area contributed by atoms with E-state index in [1.54, 1.807) is 7.11 Å². The van der Waals surface area contributed by atoms with Crippen LogP contribution in [0, 0.1) is 12.3 Å². The second-order valence-electron chi connectivity index (χ2n) is 11.3. The summed E-state index contributed by atoms with van der Waals surface area (Å²) < 4.78 is 7.67. The Morgan fingerprint density at radius 3 is 2.56 bits per heavy atom. The Bertz CT molecular complexity index is 1180. The van der Waals surface area contributed by atoms with Gasteiger partial charge >= 0.3 is 0 Å². The van der Waals surface area contributed by atoms with Crippen LogP contribution in [0.15, 0.2) is 48.7 Å². The molecule has 3 fully saturated rings. The number of rotatable bonds is 8. The standard InChI is InChI=1S/C30H39N5O/c1-23-26-21-34(25-8-16-31-27(20-25)24-6-4-3-5-7-24)18-9-28(26)35(33-23)22-29-10-13-30(14-11-29,15-12-29)32-17-19-36-2/h3-8,16,20,32H,9-15,17-19,21-22H2,1-2H3. The van der Waals surface area contributed by atoms with E-state index in [0.29, 0.717) is 11.0 Å². The number of aromatic nitrogens is 3. The molecule has 0 unspecified atom stereocenters. The van der Waals surface area contributed by atoms with Crippen LogP contribution in [0.5, 0.6) is 0 Å². The van der Waals surface area contributed by atoms with Gasteiger partial charge in [0.15, 0.2) is 0 Å². The van der Waals surface area contributed by atoms with Gasteiger partial charge in [0.25, 0.3) is 0 Å². The van der Waals surface area contributed by atoms with Crippen molar-refractivity contribution in [2.24, 2.45) is 5.41 Å². The Hall–Kier alpha value is -2.70. The van der Waals surface area contributed by atoms with Gasteiger partial charge in [0.2, 0.25) is 0 Å². The molecule has 2 bridgehead atoms. The van der Waals surface area contributed by atoms with E-state index in [0.717, 1.165) is 50.5 Å². The number of ether oxygens (including phenoxy) is 1. The second-order valence-corrected chi connectivity index (χ2v) is 11.3. The molecule has 0 amide bonds. The van der Waals surface area contributed by atoms with Gasteiger partial charge in [-0.15, -0.1) is 0 Å². The zero-order chi connectivity index (χ0) is 24.6. The molecular weight excluding hydrogens is 446 g/mol. The molecule has 2 aromatic heterocycles. The number of nitrogens with one attached hydrogen (secondary N) is 1. The highest BCUT2D eigenvalue weighted by Gasteiger charge is 2.48. The van der Waals surface area contributed by atoms with E-state index >= 15 is 0 Å². The van der Waals surface area contributed by atoms with Gasteiger partial charge in [-0.25, -0.2) is 0 Å². The van der Waals surface area contributed by atoms with Gasteiger partial charge < -0.3 is 15.0 Å². The van der Waals surface area contributed by atoms with Crippen LogP contribution in [0.25, 0.3) is 11.3 Å². The predicted octanol–water partition coefficient (Wildman–Crippen LogP) is 5.15. The van der Waals surface area contributed by atoms with Crippen molar-refractivity contribution in [3.8, 4) is 11.3 Å². The number of aryl methyl sites for hydroxylation is 1. The lowest BCUT2D eigenvalue weighted by Crippen LogP contribution is -2.56. The van der Waals surface area contributed by atoms with Gasteiger partial charge in [-0.1, -0.05) is 30.3 Å². The Morgan fingerprint density at radius 2 is 1.81 bits per heavy atom. The van der Waals surface area contributed by atoms with Crippen molar-refractivity contribution in [2.75, 3.05) is 31.7 Å². The minimum atomic E-state index is 0.351. The Kier molecular flexibility index (Phi) is 6.34. The largest absolute Gasteiger partial charge is 0.383 e. The van der Waals surface area contributed by atoms with Gasteiger partial charge in [-0.3, -0.25) is 9.67 Å². The quantitative estimate of drug-likeness (QED) is 0.448. The SMILES string of the molecule is COCCNC12CCC(Cn3nc(C)c4c3CCN(c3ccnc(-c5ccccc5)c3)C4)(CC1)CC2. The molecule has 6 nitrogen and oxygen atoms in total. The first-order chi connectivity index (χ1) is 17.6. The summed E-state index contributed by atoms with van der Waals surface area (Å²) in [6.45, 7) is 7.01. The number of hydrogen-bond donors (Lipinski definition) is 1. The molecule has 4 aliphatic rings. The number of nitrogens with zero attached hydrogens (tertiary/aromatic N) is 4. The first-order valence-corrected chi connectivity index (χ1v) is 13.6. The van der Waals surface area contributed by atoms with Crippen molar-refractivity contribution in [3.63, 3.8) is 0 Å². The average Bonchev–Trinajstić information content (AvgIpc) is 3.24. The number of benzene rings is 1. The summed E-state index contributed by atoms with van der Waals surface area (Å²) in [5, 5.41) is 8.95. The van der Waals surface area contributed by atoms with Crippen molar-refractivity contribution >= 4 is 5.69 Å². The highest BCUT2D eigenvalue weighted by molar-refractivity contribution is 5.64. The average molecular weight is 486 g/mol. The highest BCUT2D eigenvalue weighted by atomic mass is 16.5. The summed E-state index contributed by atoms with van der Waals surface area (Å²) in [5.41, 5.74) is 8.32. The fourth-order valence-corrected chi connectivity index (χ4v) is 6.90. The molecule has 7 rings (SSSR count). The van der Waals surface area contributed by atoms with Gasteiger partial charge in [-0.05, 0) is 63.0 Å². The lowest BCUT2D eigenvalue weighted by molar-refractivity contribution is 0.00497. The van der Waals surface area contributed by atoms with Crippen molar-refractivity contribution < 1.29 is 4.74 Å². The van der Waals surface area contributed by atoms with E-state index in [-0.39, 0.29) is 0 Å². The molecule has 0 radical (unpaired) electrons. The molecule has 3 heterocycles. The molecule has 3 aliphatic carbocycles. The van der Waals surface area contributed by atoms with E-state index in [1.807, 2.05) is 6.20 Å². The molecule has 190 valence electrons. The van der Waals surface area contributed by atoms with E-state index in [1.165, 1.54) is 61.2 Å². The Labute approximate surface area is 215 Å². The van der Waals surface area contributed by atoms with Crippen molar-refractivity contribution in [2.45, 2.75) is 70.5 Å². The topological polar surface area (TPSA) is 55.2 Å². The summed E-state index contributed by atoms with van der Waals surface area (Å²) in [6, 6.07) is 14.8. The molecule has 1 aliphatic heterocycles. The van der Waals surface area contributed by atoms with Crippen LogP contribution in [0.2, 0.25) is 0 Å². The Morgan fingerprint density at radius 1 is 1.03 bits per heavy atom. The van der Waals surface area contributed by atoms with E-state index < -0.39 is 0 Å². The van der Waals surface area contributed by atoms with Crippen LogP contribution in [0.1, 0.15) is 55.5 Å². The molecule has 0 spiro atoms. The fourth-order valence-electron chi connectivity index (χ4n) is 6.90. The van der Waals surface area contributed by atoms with Gasteiger partial charge in [-0.2, -0.15) is 5.10 Å².